The summed E-state index contributed by atoms with van der Waals surface area (Å²) in [6, 6.07) is 14.6. The molecule has 3 heterocycles. The topological polar surface area (TPSA) is 82.8 Å². The Morgan fingerprint density at radius 1 is 1.14 bits per heavy atom. The maximum atomic E-state index is 13.8. The van der Waals surface area contributed by atoms with E-state index in [2.05, 4.69) is 9.98 Å². The molecule has 4 aromatic rings. The SMILES string of the molecule is CCOC(=O)C1=C(C)N=c2s/c(=C\c3ccncc3)c(=O)n2C1c1c(OC)ccc2ccccc12. The number of allylic oxidation sites excluding steroid dienone is 1. The summed E-state index contributed by atoms with van der Waals surface area (Å²) in [6.07, 6.45) is 5.16. The summed E-state index contributed by atoms with van der Waals surface area (Å²) in [7, 11) is 1.58. The molecule has 2 aromatic carbocycles. The minimum atomic E-state index is -0.758. The zero-order valence-corrected chi connectivity index (χ0v) is 20.3. The minimum absolute atomic E-state index is 0.210. The zero-order chi connectivity index (χ0) is 24.5. The molecule has 0 amide bonds. The third kappa shape index (κ3) is 3.95. The fraction of sp³-hybridized carbons (Fsp3) is 0.185. The zero-order valence-electron chi connectivity index (χ0n) is 19.5. The smallest absolute Gasteiger partial charge is 0.338 e. The molecule has 0 aliphatic carbocycles. The predicted octanol–water partition coefficient (Wildman–Crippen LogP) is 3.36. The van der Waals surface area contributed by atoms with Crippen LogP contribution in [0.1, 0.15) is 31.0 Å². The Hall–Kier alpha value is -4.04. The maximum Gasteiger partial charge on any atom is 0.338 e. The number of thiazole rings is 1. The number of benzene rings is 2. The monoisotopic (exact) mass is 485 g/mol. The second-order valence-electron chi connectivity index (χ2n) is 7.99. The third-order valence-corrected chi connectivity index (χ3v) is 6.93. The van der Waals surface area contributed by atoms with Crippen LogP contribution in [0.5, 0.6) is 5.75 Å². The van der Waals surface area contributed by atoms with Crippen molar-refractivity contribution in [3.05, 3.63) is 103 Å². The van der Waals surface area contributed by atoms with Gasteiger partial charge in [-0.3, -0.25) is 14.3 Å². The number of carbonyl (C=O) groups is 1. The Morgan fingerprint density at radius 2 is 1.91 bits per heavy atom. The van der Waals surface area contributed by atoms with Crippen LogP contribution < -0.4 is 19.6 Å². The molecule has 8 heteroatoms. The summed E-state index contributed by atoms with van der Waals surface area (Å²) in [4.78, 5) is 36.3. The summed E-state index contributed by atoms with van der Waals surface area (Å²) in [5.41, 5.74) is 2.18. The van der Waals surface area contributed by atoms with Crippen molar-refractivity contribution >= 4 is 34.2 Å². The fourth-order valence-electron chi connectivity index (χ4n) is 4.41. The van der Waals surface area contributed by atoms with Gasteiger partial charge in [-0.15, -0.1) is 0 Å². The van der Waals surface area contributed by atoms with Crippen molar-refractivity contribution in [2.75, 3.05) is 13.7 Å². The third-order valence-electron chi connectivity index (χ3n) is 5.94. The molecule has 0 spiro atoms. The van der Waals surface area contributed by atoms with Crippen LogP contribution in [0.3, 0.4) is 0 Å². The Balaban J connectivity index is 1.86. The molecule has 0 saturated carbocycles. The summed E-state index contributed by atoms with van der Waals surface area (Å²) in [5, 5.41) is 1.86. The highest BCUT2D eigenvalue weighted by Gasteiger charge is 2.36. The Kier molecular flexibility index (Phi) is 6.05. The molecule has 35 heavy (non-hydrogen) atoms. The summed E-state index contributed by atoms with van der Waals surface area (Å²) in [5.74, 6) is 0.0751. The lowest BCUT2D eigenvalue weighted by atomic mass is 9.90. The molecule has 7 nitrogen and oxygen atoms in total. The van der Waals surface area contributed by atoms with Gasteiger partial charge in [-0.25, -0.2) is 9.79 Å². The number of methoxy groups -OCH3 is 1. The lowest BCUT2D eigenvalue weighted by Crippen LogP contribution is -2.40. The van der Waals surface area contributed by atoms with Gasteiger partial charge in [0.05, 0.1) is 29.5 Å². The van der Waals surface area contributed by atoms with Crippen molar-refractivity contribution < 1.29 is 14.3 Å². The second-order valence-corrected chi connectivity index (χ2v) is 8.99. The first-order chi connectivity index (χ1) is 17.0. The Labute approximate surface area is 205 Å². The normalized spacial score (nSPS) is 15.6. The molecule has 176 valence electrons. The first-order valence-corrected chi connectivity index (χ1v) is 12.0. The van der Waals surface area contributed by atoms with Gasteiger partial charge in [0.15, 0.2) is 4.80 Å². The van der Waals surface area contributed by atoms with Crippen LogP contribution in [0.15, 0.2) is 82.0 Å². The maximum absolute atomic E-state index is 13.8. The highest BCUT2D eigenvalue weighted by molar-refractivity contribution is 7.07. The number of fused-ring (bicyclic) bond motifs is 2. The van der Waals surface area contributed by atoms with E-state index in [1.54, 1.807) is 37.9 Å². The largest absolute Gasteiger partial charge is 0.496 e. The van der Waals surface area contributed by atoms with Gasteiger partial charge in [-0.2, -0.15) is 0 Å². The first kappa shape index (κ1) is 22.7. The number of nitrogens with zero attached hydrogens (tertiary/aromatic N) is 3. The molecule has 0 fully saturated rings. The number of aromatic nitrogens is 2. The molecule has 1 atom stereocenters. The van der Waals surface area contributed by atoms with Gasteiger partial charge in [-0.05, 0) is 54.5 Å². The van der Waals surface area contributed by atoms with Crippen molar-refractivity contribution in [3.63, 3.8) is 0 Å². The molecule has 1 aliphatic heterocycles. The summed E-state index contributed by atoms with van der Waals surface area (Å²) < 4.78 is 13.3. The number of carbonyl (C=O) groups excluding carboxylic acids is 1. The van der Waals surface area contributed by atoms with Crippen molar-refractivity contribution in [1.29, 1.82) is 0 Å². The number of hydrogen-bond acceptors (Lipinski definition) is 7. The molecule has 2 aromatic heterocycles. The molecular formula is C27H23N3O4S. The van der Waals surface area contributed by atoms with Crippen molar-refractivity contribution in [1.82, 2.24) is 9.55 Å². The highest BCUT2D eigenvalue weighted by Crippen LogP contribution is 2.40. The molecule has 0 radical (unpaired) electrons. The van der Waals surface area contributed by atoms with Crippen molar-refractivity contribution in [3.8, 4) is 5.75 Å². The second kappa shape index (κ2) is 9.31. The summed E-state index contributed by atoms with van der Waals surface area (Å²) in [6.45, 7) is 3.74. The van der Waals surface area contributed by atoms with Crippen LogP contribution in [0, 0.1) is 0 Å². The fourth-order valence-corrected chi connectivity index (χ4v) is 5.46. The van der Waals surface area contributed by atoms with Crippen LogP contribution in [0.2, 0.25) is 0 Å². The van der Waals surface area contributed by atoms with Gasteiger partial charge in [-0.1, -0.05) is 41.7 Å². The van der Waals surface area contributed by atoms with Gasteiger partial charge in [0.2, 0.25) is 0 Å². The van der Waals surface area contributed by atoms with E-state index in [1.165, 1.54) is 11.3 Å². The molecule has 0 N–H and O–H groups in total. The molecule has 5 rings (SSSR count). The number of rotatable bonds is 5. The molecule has 0 bridgehead atoms. The number of esters is 1. The van der Waals surface area contributed by atoms with E-state index >= 15 is 0 Å². The van der Waals surface area contributed by atoms with E-state index in [0.717, 1.165) is 21.9 Å². The average Bonchev–Trinajstić information content (AvgIpc) is 3.17. The number of ether oxygens (including phenoxy) is 2. The van der Waals surface area contributed by atoms with Crippen LogP contribution in [-0.2, 0) is 9.53 Å². The molecule has 1 unspecified atom stereocenters. The van der Waals surface area contributed by atoms with E-state index in [1.807, 2.05) is 54.6 Å². The lowest BCUT2D eigenvalue weighted by Gasteiger charge is -2.27. The van der Waals surface area contributed by atoms with E-state index in [0.29, 0.717) is 26.4 Å². The summed E-state index contributed by atoms with van der Waals surface area (Å²) >= 11 is 1.29. The minimum Gasteiger partial charge on any atom is -0.496 e. The highest BCUT2D eigenvalue weighted by atomic mass is 32.1. The van der Waals surface area contributed by atoms with Crippen LogP contribution in [0.25, 0.3) is 16.8 Å². The van der Waals surface area contributed by atoms with Crippen molar-refractivity contribution in [2.45, 2.75) is 19.9 Å². The van der Waals surface area contributed by atoms with Gasteiger partial charge in [0, 0.05) is 18.0 Å². The molecular weight excluding hydrogens is 462 g/mol. The van der Waals surface area contributed by atoms with E-state index < -0.39 is 12.0 Å². The molecule has 1 aliphatic rings. The van der Waals surface area contributed by atoms with Gasteiger partial charge in [0.1, 0.15) is 11.8 Å². The van der Waals surface area contributed by atoms with Crippen LogP contribution in [-0.4, -0.2) is 29.2 Å². The predicted molar refractivity (Wildman–Crippen MR) is 135 cm³/mol. The van der Waals surface area contributed by atoms with Gasteiger partial charge < -0.3 is 9.47 Å². The van der Waals surface area contributed by atoms with E-state index in [4.69, 9.17) is 9.47 Å². The lowest BCUT2D eigenvalue weighted by molar-refractivity contribution is -0.139. The standard InChI is InChI=1S/C27H23N3O4S/c1-4-34-26(32)22-16(2)29-27-30(25(31)21(35-27)15-17-11-13-28-14-12-17)24(22)23-19-8-6-5-7-18(19)9-10-20(23)33-3/h5-15,24H,4H2,1-3H3/b21-15-. The number of pyridine rings is 1. The Morgan fingerprint density at radius 3 is 2.66 bits per heavy atom. The Bertz CT molecular complexity index is 1650. The average molecular weight is 486 g/mol. The van der Waals surface area contributed by atoms with Crippen LogP contribution >= 0.6 is 11.3 Å². The first-order valence-electron chi connectivity index (χ1n) is 11.2. The van der Waals surface area contributed by atoms with Crippen molar-refractivity contribution in [2.24, 2.45) is 4.99 Å². The quantitative estimate of drug-likeness (QED) is 0.405. The van der Waals surface area contributed by atoms with E-state index in [9.17, 15) is 9.59 Å². The number of hydrogen-bond donors (Lipinski definition) is 0. The molecule has 0 saturated heterocycles. The van der Waals surface area contributed by atoms with Crippen LogP contribution in [0.4, 0.5) is 0 Å². The van der Waals surface area contributed by atoms with Gasteiger partial charge >= 0.3 is 5.97 Å². The van der Waals surface area contributed by atoms with Gasteiger partial charge in [0.25, 0.3) is 5.56 Å². The van der Waals surface area contributed by atoms with E-state index in [-0.39, 0.29) is 12.2 Å².